The van der Waals surface area contributed by atoms with Crippen LogP contribution in [-0.2, 0) is 11.2 Å². The van der Waals surface area contributed by atoms with Crippen LogP contribution in [0.1, 0.15) is 45.1 Å². The van der Waals surface area contributed by atoms with E-state index in [4.69, 9.17) is 4.74 Å². The zero-order valence-corrected chi connectivity index (χ0v) is 12.3. The Bertz CT molecular complexity index is 323. The molecular weight excluding hydrogens is 242 g/mol. The summed E-state index contributed by atoms with van der Waals surface area (Å²) in [6, 6.07) is 3.43. The Balaban J connectivity index is 1.74. The molecule has 0 saturated carbocycles. The van der Waals surface area contributed by atoms with E-state index in [9.17, 15) is 0 Å². The summed E-state index contributed by atoms with van der Waals surface area (Å²) < 4.78 is 5.80. The lowest BCUT2D eigenvalue weighted by molar-refractivity contribution is -0.00464. The maximum Gasteiger partial charge on any atom is 0.0589 e. The Morgan fingerprint density at radius 1 is 1.56 bits per heavy atom. The van der Waals surface area contributed by atoms with Gasteiger partial charge in [-0.1, -0.05) is 13.3 Å². The molecule has 1 aliphatic rings. The summed E-state index contributed by atoms with van der Waals surface area (Å²) >= 11 is 1.79. The fourth-order valence-electron chi connectivity index (χ4n) is 2.78. The molecule has 0 bridgehead atoms. The van der Waals surface area contributed by atoms with E-state index in [0.717, 1.165) is 19.4 Å². The first-order valence-electron chi connectivity index (χ1n) is 7.16. The van der Waals surface area contributed by atoms with Crippen molar-refractivity contribution in [2.24, 2.45) is 0 Å². The van der Waals surface area contributed by atoms with Gasteiger partial charge in [0.25, 0.3) is 0 Å². The molecule has 0 radical (unpaired) electrons. The first-order chi connectivity index (χ1) is 8.78. The molecule has 18 heavy (non-hydrogen) atoms. The highest BCUT2D eigenvalue weighted by molar-refractivity contribution is 7.07. The van der Waals surface area contributed by atoms with Gasteiger partial charge in [0, 0.05) is 18.7 Å². The molecule has 0 aromatic carbocycles. The number of rotatable bonds is 6. The maximum absolute atomic E-state index is 5.80. The SMILES string of the molecule is CCCC1CC(NC(C)Cc2ccsc2)CCO1. The summed E-state index contributed by atoms with van der Waals surface area (Å²) in [5.74, 6) is 0. The van der Waals surface area contributed by atoms with Gasteiger partial charge in [0.2, 0.25) is 0 Å². The van der Waals surface area contributed by atoms with Gasteiger partial charge < -0.3 is 10.1 Å². The van der Waals surface area contributed by atoms with Crippen molar-refractivity contribution < 1.29 is 4.74 Å². The van der Waals surface area contributed by atoms with Crippen LogP contribution in [0.3, 0.4) is 0 Å². The van der Waals surface area contributed by atoms with Crippen LogP contribution in [0, 0.1) is 0 Å². The summed E-state index contributed by atoms with van der Waals surface area (Å²) in [4.78, 5) is 0. The molecule has 1 aliphatic heterocycles. The highest BCUT2D eigenvalue weighted by Gasteiger charge is 2.22. The van der Waals surface area contributed by atoms with Crippen molar-refractivity contribution in [2.75, 3.05) is 6.61 Å². The Labute approximate surface area is 115 Å². The molecule has 0 amide bonds. The first kappa shape index (κ1) is 14.0. The molecule has 1 saturated heterocycles. The van der Waals surface area contributed by atoms with Gasteiger partial charge in [0.15, 0.2) is 0 Å². The van der Waals surface area contributed by atoms with E-state index in [1.807, 2.05) is 0 Å². The summed E-state index contributed by atoms with van der Waals surface area (Å²) in [6.07, 6.45) is 6.39. The van der Waals surface area contributed by atoms with Crippen molar-refractivity contribution in [2.45, 2.75) is 64.1 Å². The standard InChI is InChI=1S/C15H25NOS/c1-3-4-15-10-14(5-7-17-15)16-12(2)9-13-6-8-18-11-13/h6,8,11-12,14-16H,3-5,7,9-10H2,1-2H3. The maximum atomic E-state index is 5.80. The predicted molar refractivity (Wildman–Crippen MR) is 78.3 cm³/mol. The van der Waals surface area contributed by atoms with E-state index < -0.39 is 0 Å². The average Bonchev–Trinajstić information content (AvgIpc) is 2.82. The molecule has 1 fully saturated rings. The van der Waals surface area contributed by atoms with E-state index in [2.05, 4.69) is 36.0 Å². The third-order valence-electron chi connectivity index (χ3n) is 3.62. The normalized spacial score (nSPS) is 26.1. The van der Waals surface area contributed by atoms with Crippen molar-refractivity contribution in [3.63, 3.8) is 0 Å². The third kappa shape index (κ3) is 4.38. The van der Waals surface area contributed by atoms with E-state index in [1.54, 1.807) is 11.3 Å². The van der Waals surface area contributed by atoms with Crippen LogP contribution in [-0.4, -0.2) is 24.8 Å². The molecule has 1 aromatic heterocycles. The lowest BCUT2D eigenvalue weighted by Crippen LogP contribution is -2.43. The zero-order valence-electron chi connectivity index (χ0n) is 11.5. The minimum Gasteiger partial charge on any atom is -0.378 e. The van der Waals surface area contributed by atoms with Crippen LogP contribution in [0.4, 0.5) is 0 Å². The summed E-state index contributed by atoms with van der Waals surface area (Å²) in [6.45, 7) is 5.45. The van der Waals surface area contributed by atoms with Crippen molar-refractivity contribution in [3.8, 4) is 0 Å². The molecule has 3 atom stereocenters. The van der Waals surface area contributed by atoms with Crippen molar-refractivity contribution in [1.82, 2.24) is 5.32 Å². The quantitative estimate of drug-likeness (QED) is 0.850. The predicted octanol–water partition coefficient (Wildman–Crippen LogP) is 3.62. The number of hydrogen-bond acceptors (Lipinski definition) is 3. The van der Waals surface area contributed by atoms with Gasteiger partial charge in [-0.15, -0.1) is 0 Å². The second-order valence-electron chi connectivity index (χ2n) is 5.41. The molecule has 3 heteroatoms. The zero-order chi connectivity index (χ0) is 12.8. The van der Waals surface area contributed by atoms with E-state index >= 15 is 0 Å². The minimum absolute atomic E-state index is 0.481. The van der Waals surface area contributed by atoms with Gasteiger partial charge in [-0.2, -0.15) is 11.3 Å². The Hall–Kier alpha value is -0.380. The summed E-state index contributed by atoms with van der Waals surface area (Å²) in [5, 5.41) is 8.18. The van der Waals surface area contributed by atoms with Crippen LogP contribution in [0.15, 0.2) is 16.8 Å². The molecule has 3 unspecified atom stereocenters. The Morgan fingerprint density at radius 2 is 2.44 bits per heavy atom. The highest BCUT2D eigenvalue weighted by atomic mass is 32.1. The molecular formula is C15H25NOS. The van der Waals surface area contributed by atoms with E-state index in [0.29, 0.717) is 18.2 Å². The van der Waals surface area contributed by atoms with E-state index in [-0.39, 0.29) is 0 Å². The van der Waals surface area contributed by atoms with Gasteiger partial charge in [-0.25, -0.2) is 0 Å². The average molecular weight is 267 g/mol. The van der Waals surface area contributed by atoms with Gasteiger partial charge in [-0.3, -0.25) is 0 Å². The third-order valence-corrected chi connectivity index (χ3v) is 4.35. The van der Waals surface area contributed by atoms with Gasteiger partial charge in [-0.05, 0) is 55.0 Å². The first-order valence-corrected chi connectivity index (χ1v) is 8.11. The van der Waals surface area contributed by atoms with Crippen LogP contribution in [0.2, 0.25) is 0 Å². The number of hydrogen-bond donors (Lipinski definition) is 1. The monoisotopic (exact) mass is 267 g/mol. The molecule has 2 heterocycles. The topological polar surface area (TPSA) is 21.3 Å². The molecule has 0 aliphatic carbocycles. The van der Waals surface area contributed by atoms with Crippen molar-refractivity contribution in [3.05, 3.63) is 22.4 Å². The molecule has 1 N–H and O–H groups in total. The molecule has 0 spiro atoms. The lowest BCUT2D eigenvalue weighted by Gasteiger charge is -2.32. The number of ether oxygens (including phenoxy) is 1. The van der Waals surface area contributed by atoms with Crippen molar-refractivity contribution >= 4 is 11.3 Å². The minimum atomic E-state index is 0.481. The molecule has 2 nitrogen and oxygen atoms in total. The van der Waals surface area contributed by atoms with Crippen LogP contribution in [0.25, 0.3) is 0 Å². The molecule has 1 aromatic rings. The van der Waals surface area contributed by atoms with Gasteiger partial charge >= 0.3 is 0 Å². The number of thiophene rings is 1. The summed E-state index contributed by atoms with van der Waals surface area (Å²) in [7, 11) is 0. The van der Waals surface area contributed by atoms with E-state index in [1.165, 1.54) is 24.8 Å². The van der Waals surface area contributed by atoms with Crippen molar-refractivity contribution in [1.29, 1.82) is 0 Å². The number of nitrogens with one attached hydrogen (secondary N) is 1. The molecule has 102 valence electrons. The lowest BCUT2D eigenvalue weighted by atomic mass is 9.98. The van der Waals surface area contributed by atoms with Crippen LogP contribution in [0.5, 0.6) is 0 Å². The van der Waals surface area contributed by atoms with Crippen LogP contribution >= 0.6 is 11.3 Å². The summed E-state index contributed by atoms with van der Waals surface area (Å²) in [5.41, 5.74) is 1.46. The Morgan fingerprint density at radius 3 is 3.17 bits per heavy atom. The smallest absolute Gasteiger partial charge is 0.0589 e. The fourth-order valence-corrected chi connectivity index (χ4v) is 3.46. The second kappa shape index (κ2) is 7.27. The second-order valence-corrected chi connectivity index (χ2v) is 6.19. The Kier molecular flexibility index (Phi) is 5.67. The highest BCUT2D eigenvalue weighted by Crippen LogP contribution is 2.19. The van der Waals surface area contributed by atoms with Crippen LogP contribution < -0.4 is 5.32 Å². The molecule has 2 rings (SSSR count). The fraction of sp³-hybridized carbons (Fsp3) is 0.733. The largest absolute Gasteiger partial charge is 0.378 e. The van der Waals surface area contributed by atoms with Gasteiger partial charge in [0.1, 0.15) is 0 Å². The van der Waals surface area contributed by atoms with Gasteiger partial charge in [0.05, 0.1) is 6.10 Å².